The number of carbonyl (C=O) groups excluding carboxylic acids is 1. The molecular formula is C15H16ClNO4S. The van der Waals surface area contributed by atoms with Crippen LogP contribution in [0.4, 0.5) is 0 Å². The predicted octanol–water partition coefficient (Wildman–Crippen LogP) is 2.62. The Labute approximate surface area is 133 Å². The summed E-state index contributed by atoms with van der Waals surface area (Å²) in [6, 6.07) is 3.22. The number of nitrogens with one attached hydrogen (secondary N) is 1. The van der Waals surface area contributed by atoms with Crippen molar-refractivity contribution >= 4 is 38.3 Å². The normalized spacial score (nSPS) is 20.4. The second-order valence-corrected chi connectivity index (χ2v) is 8.36. The molecule has 1 aliphatic rings. The Morgan fingerprint density at radius 3 is 2.73 bits per heavy atom. The number of rotatable bonds is 2. The van der Waals surface area contributed by atoms with Gasteiger partial charge in [-0.05, 0) is 38.0 Å². The molecule has 7 heteroatoms. The van der Waals surface area contributed by atoms with Crippen molar-refractivity contribution in [3.8, 4) is 0 Å². The van der Waals surface area contributed by atoms with Crippen LogP contribution in [-0.2, 0) is 9.84 Å². The van der Waals surface area contributed by atoms with Crippen LogP contribution in [0.15, 0.2) is 16.5 Å². The summed E-state index contributed by atoms with van der Waals surface area (Å²) in [6.45, 7) is 3.65. The molecule has 1 saturated heterocycles. The molecule has 0 bridgehead atoms. The van der Waals surface area contributed by atoms with E-state index in [-0.39, 0.29) is 29.2 Å². The lowest BCUT2D eigenvalue weighted by atomic mass is 10.1. The minimum atomic E-state index is -3.03. The van der Waals surface area contributed by atoms with Crippen molar-refractivity contribution in [3.63, 3.8) is 0 Å². The van der Waals surface area contributed by atoms with E-state index in [1.165, 1.54) is 0 Å². The first-order chi connectivity index (χ1) is 10.3. The van der Waals surface area contributed by atoms with Crippen LogP contribution in [0.3, 0.4) is 0 Å². The van der Waals surface area contributed by atoms with Crippen molar-refractivity contribution in [2.24, 2.45) is 0 Å². The van der Waals surface area contributed by atoms with Crippen LogP contribution in [0.5, 0.6) is 0 Å². The standard InChI is InChI=1S/C15H16ClNO4S/c1-8-5-13-11(6-12(8)16)9(2)14(21-13)15(18)17-10-3-4-22(19,20)7-10/h5-6,10H,3-4,7H2,1-2H3,(H,17,18)/t10-/m1/s1. The highest BCUT2D eigenvalue weighted by Gasteiger charge is 2.30. The van der Waals surface area contributed by atoms with Gasteiger partial charge in [0.1, 0.15) is 5.58 Å². The maximum atomic E-state index is 12.3. The monoisotopic (exact) mass is 341 g/mol. The Hall–Kier alpha value is -1.53. The van der Waals surface area contributed by atoms with Crippen molar-refractivity contribution in [2.45, 2.75) is 26.3 Å². The van der Waals surface area contributed by atoms with Crippen molar-refractivity contribution in [1.82, 2.24) is 5.32 Å². The van der Waals surface area contributed by atoms with Crippen LogP contribution in [0.1, 0.15) is 28.1 Å². The molecule has 1 atom stereocenters. The third kappa shape index (κ3) is 2.73. The molecule has 2 aromatic rings. The summed E-state index contributed by atoms with van der Waals surface area (Å²) in [5.74, 6) is -0.0695. The van der Waals surface area contributed by atoms with Crippen LogP contribution < -0.4 is 5.32 Å². The maximum absolute atomic E-state index is 12.3. The molecule has 0 unspecified atom stereocenters. The molecule has 0 spiro atoms. The first-order valence-electron chi connectivity index (χ1n) is 6.97. The first kappa shape index (κ1) is 15.4. The molecular weight excluding hydrogens is 326 g/mol. The molecule has 22 heavy (non-hydrogen) atoms. The van der Waals surface area contributed by atoms with Crippen LogP contribution in [0.25, 0.3) is 11.0 Å². The molecule has 5 nitrogen and oxygen atoms in total. The van der Waals surface area contributed by atoms with Gasteiger partial charge in [-0.3, -0.25) is 4.79 Å². The minimum Gasteiger partial charge on any atom is -0.451 e. The molecule has 1 amide bonds. The summed E-state index contributed by atoms with van der Waals surface area (Å²) in [5, 5.41) is 4.14. The van der Waals surface area contributed by atoms with Gasteiger partial charge in [-0.1, -0.05) is 11.6 Å². The van der Waals surface area contributed by atoms with Crippen LogP contribution in [-0.4, -0.2) is 31.9 Å². The van der Waals surface area contributed by atoms with E-state index in [0.29, 0.717) is 22.6 Å². The molecule has 1 fully saturated rings. The quantitative estimate of drug-likeness (QED) is 0.911. The number of amides is 1. The largest absolute Gasteiger partial charge is 0.451 e. The van der Waals surface area contributed by atoms with Crippen molar-refractivity contribution in [1.29, 1.82) is 0 Å². The molecule has 1 aliphatic heterocycles. The SMILES string of the molecule is Cc1cc2oc(C(=O)N[C@@H]3CCS(=O)(=O)C3)c(C)c2cc1Cl. The molecule has 0 saturated carbocycles. The smallest absolute Gasteiger partial charge is 0.287 e. The highest BCUT2D eigenvalue weighted by molar-refractivity contribution is 7.91. The van der Waals surface area contributed by atoms with Gasteiger partial charge in [-0.2, -0.15) is 0 Å². The van der Waals surface area contributed by atoms with E-state index in [1.807, 2.05) is 6.92 Å². The zero-order valence-electron chi connectivity index (χ0n) is 12.3. The highest BCUT2D eigenvalue weighted by atomic mass is 35.5. The number of sulfone groups is 1. The number of hydrogen-bond donors (Lipinski definition) is 1. The van der Waals surface area contributed by atoms with Gasteiger partial charge >= 0.3 is 0 Å². The molecule has 0 radical (unpaired) electrons. The summed E-state index contributed by atoms with van der Waals surface area (Å²) in [7, 11) is -3.03. The van der Waals surface area contributed by atoms with Crippen LogP contribution in [0, 0.1) is 13.8 Å². The van der Waals surface area contributed by atoms with E-state index in [2.05, 4.69) is 5.32 Å². The van der Waals surface area contributed by atoms with Crippen molar-refractivity contribution in [3.05, 3.63) is 34.0 Å². The van der Waals surface area contributed by atoms with E-state index in [1.54, 1.807) is 19.1 Å². The van der Waals surface area contributed by atoms with E-state index in [4.69, 9.17) is 16.0 Å². The predicted molar refractivity (Wildman–Crippen MR) is 85.2 cm³/mol. The molecule has 1 aromatic carbocycles. The lowest BCUT2D eigenvalue weighted by molar-refractivity contribution is 0.0914. The van der Waals surface area contributed by atoms with Gasteiger partial charge in [0.05, 0.1) is 11.5 Å². The minimum absolute atomic E-state index is 0.0110. The summed E-state index contributed by atoms with van der Waals surface area (Å²) < 4.78 is 28.5. The highest BCUT2D eigenvalue weighted by Crippen LogP contribution is 2.30. The van der Waals surface area contributed by atoms with Gasteiger partial charge in [-0.25, -0.2) is 8.42 Å². The second-order valence-electron chi connectivity index (χ2n) is 5.73. The lowest BCUT2D eigenvalue weighted by Gasteiger charge is -2.09. The number of aryl methyl sites for hydroxylation is 2. The van der Waals surface area contributed by atoms with Gasteiger partial charge in [0.15, 0.2) is 15.6 Å². The van der Waals surface area contributed by atoms with Gasteiger partial charge in [0.2, 0.25) is 0 Å². The Bertz CT molecular complexity index is 869. The number of fused-ring (bicyclic) bond motifs is 1. The van der Waals surface area contributed by atoms with E-state index in [0.717, 1.165) is 10.9 Å². The fourth-order valence-corrected chi connectivity index (χ4v) is 4.55. The number of halogens is 1. The zero-order chi connectivity index (χ0) is 16.1. The van der Waals surface area contributed by atoms with E-state index in [9.17, 15) is 13.2 Å². The number of benzene rings is 1. The van der Waals surface area contributed by atoms with E-state index >= 15 is 0 Å². The Morgan fingerprint density at radius 2 is 2.09 bits per heavy atom. The molecule has 3 rings (SSSR count). The average molecular weight is 342 g/mol. The topological polar surface area (TPSA) is 76.4 Å². The third-order valence-corrected chi connectivity index (χ3v) is 6.17. The maximum Gasteiger partial charge on any atom is 0.287 e. The third-order valence-electron chi connectivity index (χ3n) is 3.99. The van der Waals surface area contributed by atoms with Crippen molar-refractivity contribution in [2.75, 3.05) is 11.5 Å². The fourth-order valence-electron chi connectivity index (χ4n) is 2.72. The molecule has 2 heterocycles. The van der Waals surface area contributed by atoms with E-state index < -0.39 is 9.84 Å². The summed E-state index contributed by atoms with van der Waals surface area (Å²) in [6.07, 6.45) is 0.443. The second kappa shape index (κ2) is 5.28. The Balaban J connectivity index is 1.90. The van der Waals surface area contributed by atoms with Crippen LogP contribution >= 0.6 is 11.6 Å². The van der Waals surface area contributed by atoms with Crippen LogP contribution in [0.2, 0.25) is 5.02 Å². The number of hydrogen-bond acceptors (Lipinski definition) is 4. The fraction of sp³-hybridized carbons (Fsp3) is 0.400. The Morgan fingerprint density at radius 1 is 1.36 bits per heavy atom. The van der Waals surface area contributed by atoms with Gasteiger partial charge < -0.3 is 9.73 Å². The van der Waals surface area contributed by atoms with Gasteiger partial charge in [-0.15, -0.1) is 0 Å². The number of carbonyl (C=O) groups is 1. The molecule has 0 aliphatic carbocycles. The summed E-state index contributed by atoms with van der Waals surface area (Å²) >= 11 is 6.11. The zero-order valence-corrected chi connectivity index (χ0v) is 13.8. The summed E-state index contributed by atoms with van der Waals surface area (Å²) in [5.41, 5.74) is 2.18. The molecule has 118 valence electrons. The van der Waals surface area contributed by atoms with Crippen molar-refractivity contribution < 1.29 is 17.6 Å². The first-order valence-corrected chi connectivity index (χ1v) is 9.17. The molecule has 1 aromatic heterocycles. The lowest BCUT2D eigenvalue weighted by Crippen LogP contribution is -2.35. The molecule has 1 N–H and O–H groups in total. The number of furan rings is 1. The Kier molecular flexibility index (Phi) is 3.69. The summed E-state index contributed by atoms with van der Waals surface area (Å²) in [4.78, 5) is 12.3. The van der Waals surface area contributed by atoms with Gasteiger partial charge in [0.25, 0.3) is 5.91 Å². The average Bonchev–Trinajstić information content (AvgIpc) is 2.92. The van der Waals surface area contributed by atoms with Gasteiger partial charge in [0, 0.05) is 22.0 Å².